The van der Waals surface area contributed by atoms with Crippen molar-refractivity contribution in [3.05, 3.63) is 24.3 Å². The Balaban J connectivity index is 2.51. The van der Waals surface area contributed by atoms with Gasteiger partial charge in [-0.3, -0.25) is 0 Å². The fourth-order valence-electron chi connectivity index (χ4n) is 0.408. The van der Waals surface area contributed by atoms with Crippen LogP contribution in [0, 0.1) is 0 Å². The molecule has 0 aliphatic carbocycles. The van der Waals surface area contributed by atoms with Crippen LogP contribution < -0.4 is 5.48 Å². The molecule has 8 heavy (non-hydrogen) atoms. The van der Waals surface area contributed by atoms with E-state index in [2.05, 4.69) is 10.3 Å². The fraction of sp³-hybridized carbons (Fsp3) is 0.200. The molecule has 1 rings (SSSR count). The molecular formula is C5H7NO2. The van der Waals surface area contributed by atoms with Gasteiger partial charge in [0.15, 0.2) is 0 Å². The van der Waals surface area contributed by atoms with Crippen molar-refractivity contribution >= 4 is 0 Å². The van der Waals surface area contributed by atoms with Crippen LogP contribution in [0.2, 0.25) is 0 Å². The third kappa shape index (κ3) is 0.932. The highest BCUT2D eigenvalue weighted by atomic mass is 16.6. The zero-order valence-electron chi connectivity index (χ0n) is 4.55. The molecule has 0 fully saturated rings. The lowest BCUT2D eigenvalue weighted by atomic mass is 10.5. The highest BCUT2D eigenvalue weighted by Crippen LogP contribution is 1.98. The maximum absolute atomic E-state index is 4.82. The van der Waals surface area contributed by atoms with E-state index >= 15 is 0 Å². The van der Waals surface area contributed by atoms with Crippen LogP contribution in [0.25, 0.3) is 0 Å². The van der Waals surface area contributed by atoms with Gasteiger partial charge >= 0.3 is 0 Å². The van der Waals surface area contributed by atoms with E-state index in [1.54, 1.807) is 19.4 Å². The van der Waals surface area contributed by atoms with Crippen LogP contribution >= 0.6 is 0 Å². The molecule has 3 heteroatoms. The molecule has 0 aromatic heterocycles. The molecule has 0 aromatic rings. The second-order valence-corrected chi connectivity index (χ2v) is 1.29. The summed E-state index contributed by atoms with van der Waals surface area (Å²) in [6.45, 7) is 0. The van der Waals surface area contributed by atoms with Crippen molar-refractivity contribution < 1.29 is 9.57 Å². The SMILES string of the molecule is COC1=CNOC=C1. The van der Waals surface area contributed by atoms with Crippen LogP contribution in [-0.4, -0.2) is 7.11 Å². The van der Waals surface area contributed by atoms with Crippen molar-refractivity contribution in [2.24, 2.45) is 0 Å². The van der Waals surface area contributed by atoms with E-state index in [1.165, 1.54) is 6.26 Å². The topological polar surface area (TPSA) is 30.5 Å². The quantitative estimate of drug-likeness (QED) is 0.537. The molecule has 1 aliphatic rings. The van der Waals surface area contributed by atoms with Gasteiger partial charge in [-0.25, -0.2) is 5.48 Å². The van der Waals surface area contributed by atoms with Gasteiger partial charge in [-0.05, 0) is 0 Å². The maximum atomic E-state index is 4.82. The van der Waals surface area contributed by atoms with Crippen LogP contribution in [0.3, 0.4) is 0 Å². The van der Waals surface area contributed by atoms with Gasteiger partial charge in [-0.2, -0.15) is 0 Å². The Kier molecular flexibility index (Phi) is 1.42. The second kappa shape index (κ2) is 2.26. The van der Waals surface area contributed by atoms with Gasteiger partial charge in [0.2, 0.25) is 0 Å². The first-order valence-electron chi connectivity index (χ1n) is 2.25. The minimum absolute atomic E-state index is 0.760. The molecule has 0 saturated carbocycles. The van der Waals surface area contributed by atoms with E-state index in [-0.39, 0.29) is 0 Å². The van der Waals surface area contributed by atoms with Crippen LogP contribution in [0.5, 0.6) is 0 Å². The van der Waals surface area contributed by atoms with Crippen molar-refractivity contribution in [1.29, 1.82) is 0 Å². The average molecular weight is 113 g/mol. The summed E-state index contributed by atoms with van der Waals surface area (Å²) >= 11 is 0. The number of allylic oxidation sites excluding steroid dienone is 1. The minimum atomic E-state index is 0.760. The molecule has 0 bridgehead atoms. The molecule has 0 spiro atoms. The molecule has 1 N–H and O–H groups in total. The molecule has 1 aliphatic heterocycles. The highest BCUT2D eigenvalue weighted by Gasteiger charge is 1.91. The Bertz CT molecular complexity index is 128. The monoisotopic (exact) mass is 113 g/mol. The van der Waals surface area contributed by atoms with E-state index < -0.39 is 0 Å². The number of rotatable bonds is 1. The zero-order valence-corrected chi connectivity index (χ0v) is 4.55. The third-order valence-corrected chi connectivity index (χ3v) is 0.805. The van der Waals surface area contributed by atoms with Crippen molar-refractivity contribution in [3.8, 4) is 0 Å². The van der Waals surface area contributed by atoms with Gasteiger partial charge in [0.1, 0.15) is 12.0 Å². The lowest BCUT2D eigenvalue weighted by molar-refractivity contribution is 0.157. The van der Waals surface area contributed by atoms with E-state index in [9.17, 15) is 0 Å². The Morgan fingerprint density at radius 3 is 3.00 bits per heavy atom. The normalized spacial score (nSPS) is 15.9. The number of nitrogens with one attached hydrogen (secondary N) is 1. The molecule has 0 saturated heterocycles. The van der Waals surface area contributed by atoms with Crippen LogP contribution in [-0.2, 0) is 9.57 Å². The number of methoxy groups -OCH3 is 1. The van der Waals surface area contributed by atoms with Gasteiger partial charge in [-0.1, -0.05) is 0 Å². The molecule has 44 valence electrons. The largest absolute Gasteiger partial charge is 0.495 e. The summed E-state index contributed by atoms with van der Waals surface area (Å²) in [5.74, 6) is 0.760. The summed E-state index contributed by atoms with van der Waals surface area (Å²) in [7, 11) is 1.60. The Morgan fingerprint density at radius 1 is 1.75 bits per heavy atom. The van der Waals surface area contributed by atoms with E-state index in [1.807, 2.05) is 0 Å². The predicted molar refractivity (Wildman–Crippen MR) is 28.5 cm³/mol. The van der Waals surface area contributed by atoms with Crippen molar-refractivity contribution in [2.75, 3.05) is 7.11 Å². The minimum Gasteiger partial charge on any atom is -0.495 e. The second-order valence-electron chi connectivity index (χ2n) is 1.29. The molecule has 0 atom stereocenters. The average Bonchev–Trinajstić information content (AvgIpc) is 1.90. The van der Waals surface area contributed by atoms with Crippen LogP contribution in [0.15, 0.2) is 24.3 Å². The van der Waals surface area contributed by atoms with E-state index in [0.717, 1.165) is 5.76 Å². The first-order chi connectivity index (χ1) is 3.93. The first kappa shape index (κ1) is 5.03. The maximum Gasteiger partial charge on any atom is 0.141 e. The summed E-state index contributed by atoms with van der Waals surface area (Å²) in [4.78, 5) is 4.61. The Labute approximate surface area is 47.5 Å². The summed E-state index contributed by atoms with van der Waals surface area (Å²) < 4.78 is 4.82. The molecule has 0 amide bonds. The third-order valence-electron chi connectivity index (χ3n) is 0.805. The zero-order chi connectivity index (χ0) is 5.82. The molecule has 1 heterocycles. The van der Waals surface area contributed by atoms with E-state index in [4.69, 9.17) is 4.74 Å². The van der Waals surface area contributed by atoms with Crippen molar-refractivity contribution in [3.63, 3.8) is 0 Å². The van der Waals surface area contributed by atoms with Crippen LogP contribution in [0.4, 0.5) is 0 Å². The summed E-state index contributed by atoms with van der Waals surface area (Å²) in [5, 5.41) is 0. The lowest BCUT2D eigenvalue weighted by Crippen LogP contribution is -2.06. The number of ether oxygens (including phenoxy) is 1. The number of hydroxylamine groups is 1. The number of hydrogen-bond acceptors (Lipinski definition) is 3. The summed E-state index contributed by atoms with van der Waals surface area (Å²) in [6, 6.07) is 0. The molecule has 3 nitrogen and oxygen atoms in total. The van der Waals surface area contributed by atoms with Gasteiger partial charge in [0.05, 0.1) is 13.3 Å². The molecular weight excluding hydrogens is 106 g/mol. The fourth-order valence-corrected chi connectivity index (χ4v) is 0.408. The molecule has 0 unspecified atom stereocenters. The molecule has 0 radical (unpaired) electrons. The van der Waals surface area contributed by atoms with Crippen molar-refractivity contribution in [2.45, 2.75) is 0 Å². The van der Waals surface area contributed by atoms with Crippen molar-refractivity contribution in [1.82, 2.24) is 5.48 Å². The van der Waals surface area contributed by atoms with Gasteiger partial charge in [0.25, 0.3) is 0 Å². The van der Waals surface area contributed by atoms with Crippen LogP contribution in [0.1, 0.15) is 0 Å². The standard InChI is InChI=1S/C5H7NO2/c1-7-5-2-3-8-6-4-5/h2-4,6H,1H3. The van der Waals surface area contributed by atoms with E-state index in [0.29, 0.717) is 0 Å². The van der Waals surface area contributed by atoms with Gasteiger partial charge in [-0.15, -0.1) is 0 Å². The lowest BCUT2D eigenvalue weighted by Gasteiger charge is -2.05. The van der Waals surface area contributed by atoms with Gasteiger partial charge in [0, 0.05) is 6.08 Å². The highest BCUT2D eigenvalue weighted by molar-refractivity contribution is 5.10. The molecule has 0 aromatic carbocycles. The Hall–Kier alpha value is -1.12. The predicted octanol–water partition coefficient (Wildman–Crippen LogP) is 0.523. The summed E-state index contributed by atoms with van der Waals surface area (Å²) in [5.41, 5.74) is 2.51. The Morgan fingerprint density at radius 2 is 2.62 bits per heavy atom. The first-order valence-corrected chi connectivity index (χ1v) is 2.25. The number of hydrogen-bond donors (Lipinski definition) is 1. The van der Waals surface area contributed by atoms with Gasteiger partial charge < -0.3 is 9.57 Å². The smallest absolute Gasteiger partial charge is 0.141 e. The summed E-state index contributed by atoms with van der Waals surface area (Å²) in [6.07, 6.45) is 4.86.